The summed E-state index contributed by atoms with van der Waals surface area (Å²) >= 11 is 2.12. The SMILES string of the molecule is CC1CC1CNC1CCSC1C. The van der Waals surface area contributed by atoms with Gasteiger partial charge < -0.3 is 5.32 Å². The van der Waals surface area contributed by atoms with Crippen molar-refractivity contribution in [1.29, 1.82) is 0 Å². The van der Waals surface area contributed by atoms with Crippen molar-refractivity contribution in [1.82, 2.24) is 5.32 Å². The molecule has 12 heavy (non-hydrogen) atoms. The monoisotopic (exact) mass is 185 g/mol. The predicted octanol–water partition coefficient (Wildman–Crippen LogP) is 2.13. The fraction of sp³-hybridized carbons (Fsp3) is 1.00. The maximum Gasteiger partial charge on any atom is 0.0191 e. The lowest BCUT2D eigenvalue weighted by molar-refractivity contribution is 0.489. The van der Waals surface area contributed by atoms with Crippen LogP contribution in [-0.2, 0) is 0 Å². The van der Waals surface area contributed by atoms with Crippen LogP contribution >= 0.6 is 11.8 Å². The molecule has 1 nitrogen and oxygen atoms in total. The van der Waals surface area contributed by atoms with Gasteiger partial charge in [0.05, 0.1) is 0 Å². The number of rotatable bonds is 3. The van der Waals surface area contributed by atoms with Gasteiger partial charge in [-0.25, -0.2) is 0 Å². The van der Waals surface area contributed by atoms with E-state index >= 15 is 0 Å². The first-order valence-electron chi connectivity index (χ1n) is 5.12. The van der Waals surface area contributed by atoms with Crippen LogP contribution in [0.4, 0.5) is 0 Å². The lowest BCUT2D eigenvalue weighted by Gasteiger charge is -2.15. The number of hydrogen-bond donors (Lipinski definition) is 1. The predicted molar refractivity (Wildman–Crippen MR) is 55.6 cm³/mol. The molecule has 1 saturated carbocycles. The summed E-state index contributed by atoms with van der Waals surface area (Å²) < 4.78 is 0. The van der Waals surface area contributed by atoms with Crippen LogP contribution in [0.1, 0.15) is 26.7 Å². The Hall–Kier alpha value is 0.310. The Morgan fingerprint density at radius 2 is 2.17 bits per heavy atom. The molecule has 2 fully saturated rings. The lowest BCUT2D eigenvalue weighted by atomic mass is 10.1. The zero-order valence-corrected chi connectivity index (χ0v) is 8.86. The van der Waals surface area contributed by atoms with Crippen molar-refractivity contribution in [2.45, 2.75) is 38.0 Å². The zero-order chi connectivity index (χ0) is 8.55. The van der Waals surface area contributed by atoms with Gasteiger partial charge in [0, 0.05) is 11.3 Å². The molecule has 70 valence electrons. The van der Waals surface area contributed by atoms with Crippen molar-refractivity contribution in [3.05, 3.63) is 0 Å². The summed E-state index contributed by atoms with van der Waals surface area (Å²) in [5.74, 6) is 3.36. The summed E-state index contributed by atoms with van der Waals surface area (Å²) in [5.41, 5.74) is 0. The van der Waals surface area contributed by atoms with Gasteiger partial charge in [0.25, 0.3) is 0 Å². The molecular weight excluding hydrogens is 166 g/mol. The Labute approximate surface area is 79.7 Å². The van der Waals surface area contributed by atoms with Gasteiger partial charge in [0.15, 0.2) is 0 Å². The molecule has 2 rings (SSSR count). The van der Waals surface area contributed by atoms with Crippen LogP contribution in [0.5, 0.6) is 0 Å². The van der Waals surface area contributed by atoms with Crippen LogP contribution in [0.3, 0.4) is 0 Å². The number of thioether (sulfide) groups is 1. The van der Waals surface area contributed by atoms with Gasteiger partial charge in [0.2, 0.25) is 0 Å². The molecule has 1 saturated heterocycles. The van der Waals surface area contributed by atoms with Gasteiger partial charge in [-0.05, 0) is 37.0 Å². The highest BCUT2D eigenvalue weighted by Gasteiger charge is 2.33. The molecule has 0 radical (unpaired) electrons. The van der Waals surface area contributed by atoms with Crippen molar-refractivity contribution in [2.24, 2.45) is 11.8 Å². The van der Waals surface area contributed by atoms with Crippen molar-refractivity contribution in [2.75, 3.05) is 12.3 Å². The van der Waals surface area contributed by atoms with E-state index in [0.29, 0.717) is 0 Å². The molecule has 1 aliphatic carbocycles. The molecule has 4 unspecified atom stereocenters. The molecule has 2 aliphatic rings. The quantitative estimate of drug-likeness (QED) is 0.723. The molecular formula is C10H19NS. The second kappa shape index (κ2) is 3.59. The summed E-state index contributed by atoms with van der Waals surface area (Å²) in [4.78, 5) is 0. The Balaban J connectivity index is 1.65. The van der Waals surface area contributed by atoms with Crippen molar-refractivity contribution in [3.8, 4) is 0 Å². The van der Waals surface area contributed by atoms with Crippen LogP contribution in [-0.4, -0.2) is 23.6 Å². The molecule has 0 spiro atoms. The van der Waals surface area contributed by atoms with Gasteiger partial charge in [-0.3, -0.25) is 0 Å². The van der Waals surface area contributed by atoms with Crippen molar-refractivity contribution < 1.29 is 0 Å². The maximum atomic E-state index is 3.70. The summed E-state index contributed by atoms with van der Waals surface area (Å²) in [6.45, 7) is 5.99. The van der Waals surface area contributed by atoms with Gasteiger partial charge >= 0.3 is 0 Å². The fourth-order valence-corrected chi connectivity index (χ4v) is 3.21. The van der Waals surface area contributed by atoms with E-state index < -0.39 is 0 Å². The molecule has 0 bridgehead atoms. The third kappa shape index (κ3) is 1.97. The van der Waals surface area contributed by atoms with Crippen molar-refractivity contribution >= 4 is 11.8 Å². The van der Waals surface area contributed by atoms with Gasteiger partial charge in [-0.2, -0.15) is 11.8 Å². The molecule has 1 N–H and O–H groups in total. The third-order valence-corrected chi connectivity index (χ3v) is 4.62. The molecule has 0 aromatic carbocycles. The average Bonchev–Trinajstić information content (AvgIpc) is 2.57. The molecule has 0 amide bonds. The molecule has 1 aliphatic heterocycles. The minimum atomic E-state index is 0.808. The van der Waals surface area contributed by atoms with E-state index in [-0.39, 0.29) is 0 Å². The van der Waals surface area contributed by atoms with E-state index in [1.165, 1.54) is 25.1 Å². The molecule has 1 heterocycles. The minimum absolute atomic E-state index is 0.808. The Bertz CT molecular complexity index is 160. The molecule has 0 aromatic heterocycles. The summed E-state index contributed by atoms with van der Waals surface area (Å²) in [5, 5.41) is 4.55. The van der Waals surface area contributed by atoms with E-state index in [9.17, 15) is 0 Å². The van der Waals surface area contributed by atoms with Crippen LogP contribution in [0.15, 0.2) is 0 Å². The van der Waals surface area contributed by atoms with Gasteiger partial charge in [-0.15, -0.1) is 0 Å². The van der Waals surface area contributed by atoms with E-state index in [1.807, 2.05) is 0 Å². The van der Waals surface area contributed by atoms with Crippen LogP contribution in [0.2, 0.25) is 0 Å². The maximum absolute atomic E-state index is 3.70. The first-order valence-corrected chi connectivity index (χ1v) is 6.17. The number of nitrogens with one attached hydrogen (secondary N) is 1. The van der Waals surface area contributed by atoms with Gasteiger partial charge in [-0.1, -0.05) is 13.8 Å². The standard InChI is InChI=1S/C10H19NS/c1-7-5-9(7)6-11-10-3-4-12-8(10)2/h7-11H,3-6H2,1-2H3. The summed E-state index contributed by atoms with van der Waals surface area (Å²) in [6, 6.07) is 0.808. The second-order valence-electron chi connectivity index (χ2n) is 4.35. The summed E-state index contributed by atoms with van der Waals surface area (Å²) in [6.07, 6.45) is 2.84. The highest BCUT2D eigenvalue weighted by molar-refractivity contribution is 8.00. The minimum Gasteiger partial charge on any atom is -0.313 e. The third-order valence-electron chi connectivity index (χ3n) is 3.29. The first kappa shape index (κ1) is 8.89. The first-order chi connectivity index (χ1) is 5.77. The Kier molecular flexibility index (Phi) is 2.66. The van der Waals surface area contributed by atoms with Crippen LogP contribution in [0, 0.1) is 11.8 Å². The highest BCUT2D eigenvalue weighted by atomic mass is 32.2. The normalized spacial score (nSPS) is 46.5. The Morgan fingerprint density at radius 1 is 1.42 bits per heavy atom. The average molecular weight is 185 g/mol. The molecule has 0 aromatic rings. The van der Waals surface area contributed by atoms with E-state index in [1.54, 1.807) is 0 Å². The largest absolute Gasteiger partial charge is 0.313 e. The highest BCUT2D eigenvalue weighted by Crippen LogP contribution is 2.37. The van der Waals surface area contributed by atoms with Crippen LogP contribution in [0.25, 0.3) is 0 Å². The fourth-order valence-electron chi connectivity index (χ4n) is 1.99. The van der Waals surface area contributed by atoms with Crippen LogP contribution < -0.4 is 5.32 Å². The molecule has 2 heteroatoms. The summed E-state index contributed by atoms with van der Waals surface area (Å²) in [7, 11) is 0. The van der Waals surface area contributed by atoms with E-state index in [0.717, 1.165) is 23.1 Å². The molecule has 4 atom stereocenters. The topological polar surface area (TPSA) is 12.0 Å². The van der Waals surface area contributed by atoms with E-state index in [2.05, 4.69) is 30.9 Å². The zero-order valence-electron chi connectivity index (χ0n) is 8.05. The van der Waals surface area contributed by atoms with E-state index in [4.69, 9.17) is 0 Å². The Morgan fingerprint density at radius 3 is 2.67 bits per heavy atom. The smallest absolute Gasteiger partial charge is 0.0191 e. The van der Waals surface area contributed by atoms with Crippen molar-refractivity contribution in [3.63, 3.8) is 0 Å². The lowest BCUT2D eigenvalue weighted by Crippen LogP contribution is -2.34. The number of hydrogen-bond acceptors (Lipinski definition) is 2. The van der Waals surface area contributed by atoms with Gasteiger partial charge in [0.1, 0.15) is 0 Å². The second-order valence-corrected chi connectivity index (χ2v) is 5.84.